The Labute approximate surface area is 279 Å². The van der Waals surface area contributed by atoms with Crippen LogP contribution >= 0.6 is 0 Å². The number of amides is 1. The van der Waals surface area contributed by atoms with Gasteiger partial charge in [0.1, 0.15) is 0 Å². The molecular formula is C36H41F3N4O4S. The maximum atomic E-state index is 14.5. The number of fused-ring (bicyclic) bond motifs is 1. The van der Waals surface area contributed by atoms with Crippen molar-refractivity contribution in [2.45, 2.75) is 68.6 Å². The second-order valence-electron chi connectivity index (χ2n) is 12.5. The molecule has 4 aromatic rings. The number of likely N-dealkylation sites (tertiary alicyclic amines) is 1. The quantitative estimate of drug-likeness (QED) is 0.174. The Kier molecular flexibility index (Phi) is 10.9. The Morgan fingerprint density at radius 1 is 1.00 bits per heavy atom. The third-order valence-electron chi connectivity index (χ3n) is 8.86. The number of hydrogen-bond acceptors (Lipinski definition) is 7. The summed E-state index contributed by atoms with van der Waals surface area (Å²) in [5.41, 5.74) is 1.32. The van der Waals surface area contributed by atoms with Gasteiger partial charge in [-0.25, -0.2) is 13.4 Å². The van der Waals surface area contributed by atoms with Gasteiger partial charge < -0.3 is 15.7 Å². The maximum absolute atomic E-state index is 14.5. The summed E-state index contributed by atoms with van der Waals surface area (Å²) < 4.78 is 68.3. The fourth-order valence-electron chi connectivity index (χ4n) is 6.11. The van der Waals surface area contributed by atoms with E-state index in [0.29, 0.717) is 36.1 Å². The number of aliphatic hydroxyl groups is 1. The van der Waals surface area contributed by atoms with Crippen LogP contribution in [-0.2, 0) is 22.6 Å². The lowest BCUT2D eigenvalue weighted by Gasteiger charge is -2.33. The number of aromatic nitrogens is 1. The summed E-state index contributed by atoms with van der Waals surface area (Å²) in [5.74, 6) is -0.486. The average Bonchev–Trinajstić information content (AvgIpc) is 3.07. The van der Waals surface area contributed by atoms with Gasteiger partial charge in [-0.1, -0.05) is 42.5 Å². The molecule has 0 spiro atoms. The van der Waals surface area contributed by atoms with E-state index in [4.69, 9.17) is 4.98 Å². The van der Waals surface area contributed by atoms with Gasteiger partial charge in [0.2, 0.25) is 0 Å². The van der Waals surface area contributed by atoms with E-state index in [2.05, 4.69) is 15.5 Å². The third kappa shape index (κ3) is 7.89. The molecule has 0 saturated carbocycles. The lowest BCUT2D eigenvalue weighted by Crippen LogP contribution is -2.43. The van der Waals surface area contributed by atoms with Gasteiger partial charge in [-0.3, -0.25) is 9.69 Å². The third-order valence-corrected chi connectivity index (χ3v) is 11.0. The van der Waals surface area contributed by atoms with E-state index < -0.39 is 38.8 Å². The summed E-state index contributed by atoms with van der Waals surface area (Å²) in [6, 6.07) is 18.4. The van der Waals surface area contributed by atoms with Crippen molar-refractivity contribution >= 4 is 26.6 Å². The zero-order chi connectivity index (χ0) is 34.6. The first-order valence-electron chi connectivity index (χ1n) is 16.1. The van der Waals surface area contributed by atoms with Gasteiger partial charge in [0, 0.05) is 35.6 Å². The highest BCUT2D eigenvalue weighted by atomic mass is 32.2. The van der Waals surface area contributed by atoms with Gasteiger partial charge in [0.25, 0.3) is 5.91 Å². The van der Waals surface area contributed by atoms with E-state index in [1.54, 1.807) is 19.9 Å². The van der Waals surface area contributed by atoms with Crippen molar-refractivity contribution in [3.63, 3.8) is 0 Å². The van der Waals surface area contributed by atoms with Gasteiger partial charge in [-0.2, -0.15) is 13.2 Å². The van der Waals surface area contributed by atoms with Crippen LogP contribution in [0, 0.1) is 0 Å². The summed E-state index contributed by atoms with van der Waals surface area (Å²) in [7, 11) is -3.73. The molecule has 1 atom stereocenters. The molecule has 1 amide bonds. The number of aliphatic hydroxyl groups excluding tert-OH is 1. The largest absolute Gasteiger partial charge is 0.416 e. The monoisotopic (exact) mass is 682 g/mol. The molecule has 3 N–H and O–H groups in total. The number of nitrogens with one attached hydrogen (secondary N) is 2. The highest BCUT2D eigenvalue weighted by Gasteiger charge is 2.32. The Morgan fingerprint density at radius 3 is 2.35 bits per heavy atom. The number of pyridine rings is 1. The standard InChI is InChI=1S/C36H41F3N4O4S/c1-23(2)48(46,47)29-12-13-32-30(21-29)33(35(45)41-24(3)25-8-5-4-6-9-25)31(22-43-17-14-28(15-18-43)40-16-19-44)34(42-32)26-10-7-11-27(20-26)36(37,38)39/h4-13,20-21,23-24,28,40,44H,14-19,22H2,1-3H3,(H,41,45). The minimum absolute atomic E-state index is 0.0255. The zero-order valence-electron chi connectivity index (χ0n) is 27.2. The minimum Gasteiger partial charge on any atom is -0.395 e. The molecule has 48 heavy (non-hydrogen) atoms. The average molecular weight is 683 g/mol. The van der Waals surface area contributed by atoms with E-state index in [-0.39, 0.29) is 40.9 Å². The van der Waals surface area contributed by atoms with Crippen LogP contribution in [-0.4, -0.2) is 66.8 Å². The summed E-state index contributed by atoms with van der Waals surface area (Å²) >= 11 is 0. The van der Waals surface area contributed by atoms with Crippen LogP contribution in [0.2, 0.25) is 0 Å². The number of rotatable bonds is 11. The van der Waals surface area contributed by atoms with Crippen LogP contribution < -0.4 is 10.6 Å². The van der Waals surface area contributed by atoms with Crippen molar-refractivity contribution in [1.29, 1.82) is 0 Å². The van der Waals surface area contributed by atoms with Gasteiger partial charge in [-0.05, 0) is 82.6 Å². The smallest absolute Gasteiger partial charge is 0.395 e. The molecule has 12 heteroatoms. The van der Waals surface area contributed by atoms with Crippen LogP contribution in [0.3, 0.4) is 0 Å². The first-order chi connectivity index (χ1) is 22.8. The van der Waals surface area contributed by atoms with E-state index in [9.17, 15) is 31.5 Å². The number of alkyl halides is 3. The molecule has 0 aliphatic carbocycles. The molecule has 2 heterocycles. The Morgan fingerprint density at radius 2 is 1.71 bits per heavy atom. The van der Waals surface area contributed by atoms with Crippen LogP contribution in [0.1, 0.15) is 66.7 Å². The summed E-state index contributed by atoms with van der Waals surface area (Å²) in [6.45, 7) is 6.96. The van der Waals surface area contributed by atoms with Crippen LogP contribution in [0.4, 0.5) is 13.2 Å². The highest BCUT2D eigenvalue weighted by molar-refractivity contribution is 7.92. The molecule has 5 rings (SSSR count). The number of piperidine rings is 1. The van der Waals surface area contributed by atoms with Crippen molar-refractivity contribution in [1.82, 2.24) is 20.5 Å². The molecule has 1 aliphatic heterocycles. The van der Waals surface area contributed by atoms with Gasteiger partial charge in [-0.15, -0.1) is 0 Å². The van der Waals surface area contributed by atoms with Crippen LogP contribution in [0.25, 0.3) is 22.2 Å². The number of carbonyl (C=O) groups is 1. The van der Waals surface area contributed by atoms with E-state index >= 15 is 0 Å². The zero-order valence-corrected chi connectivity index (χ0v) is 28.0. The van der Waals surface area contributed by atoms with Crippen molar-refractivity contribution < 1.29 is 31.5 Å². The first-order valence-corrected chi connectivity index (χ1v) is 17.6. The van der Waals surface area contributed by atoms with Crippen LogP contribution in [0.15, 0.2) is 77.7 Å². The molecule has 1 aromatic heterocycles. The normalized spacial score (nSPS) is 15.6. The minimum atomic E-state index is -4.60. The number of hydrogen-bond donors (Lipinski definition) is 3. The van der Waals surface area contributed by atoms with E-state index in [1.165, 1.54) is 24.3 Å². The number of halogens is 3. The van der Waals surface area contributed by atoms with Crippen molar-refractivity contribution in [3.05, 3.63) is 95.1 Å². The lowest BCUT2D eigenvalue weighted by atomic mass is 9.93. The Balaban J connectivity index is 1.72. The number of carbonyl (C=O) groups excluding carboxylic acids is 1. The van der Waals surface area contributed by atoms with Gasteiger partial charge >= 0.3 is 6.18 Å². The lowest BCUT2D eigenvalue weighted by molar-refractivity contribution is -0.137. The van der Waals surface area contributed by atoms with Crippen molar-refractivity contribution in [2.75, 3.05) is 26.2 Å². The topological polar surface area (TPSA) is 112 Å². The molecule has 1 unspecified atom stereocenters. The van der Waals surface area contributed by atoms with E-state index in [1.807, 2.05) is 37.3 Å². The molecule has 1 fully saturated rings. The fourth-order valence-corrected chi connectivity index (χ4v) is 7.19. The van der Waals surface area contributed by atoms with Gasteiger partial charge in [0.15, 0.2) is 9.84 Å². The molecule has 8 nitrogen and oxygen atoms in total. The Bertz CT molecular complexity index is 1860. The maximum Gasteiger partial charge on any atom is 0.416 e. The predicted octanol–water partition coefficient (Wildman–Crippen LogP) is 6.14. The molecule has 1 aliphatic rings. The van der Waals surface area contributed by atoms with E-state index in [0.717, 1.165) is 30.5 Å². The highest BCUT2D eigenvalue weighted by Crippen LogP contribution is 2.37. The first kappa shape index (κ1) is 35.5. The molecule has 1 saturated heterocycles. The van der Waals surface area contributed by atoms with Crippen molar-refractivity contribution in [3.8, 4) is 11.3 Å². The summed E-state index contributed by atoms with van der Waals surface area (Å²) in [4.78, 5) is 21.4. The number of sulfone groups is 1. The summed E-state index contributed by atoms with van der Waals surface area (Å²) in [5, 5.41) is 15.2. The second kappa shape index (κ2) is 14.7. The Hall–Kier alpha value is -3.84. The fraction of sp³-hybridized carbons (Fsp3) is 0.389. The molecule has 3 aromatic carbocycles. The number of benzene rings is 3. The van der Waals surface area contributed by atoms with Crippen LogP contribution in [0.5, 0.6) is 0 Å². The predicted molar refractivity (Wildman–Crippen MR) is 180 cm³/mol. The molecule has 256 valence electrons. The second-order valence-corrected chi connectivity index (χ2v) is 15.0. The molecule has 0 bridgehead atoms. The molecule has 0 radical (unpaired) electrons. The number of nitrogens with zero attached hydrogens (tertiary/aromatic N) is 2. The summed E-state index contributed by atoms with van der Waals surface area (Å²) in [6.07, 6.45) is -3.06. The molecular weight excluding hydrogens is 641 g/mol. The SMILES string of the molecule is CC(NC(=O)c1c(CN2CCC(NCCO)CC2)c(-c2cccc(C(F)(F)F)c2)nc2ccc(S(=O)(=O)C(C)C)cc12)c1ccccc1. The van der Waals surface area contributed by atoms with Gasteiger partial charge in [0.05, 0.1) is 45.1 Å². The van der Waals surface area contributed by atoms with Crippen molar-refractivity contribution in [2.24, 2.45) is 0 Å².